The number of aromatic nitrogens is 3. The molecular weight excluding hydrogens is 229 g/mol. The van der Waals surface area contributed by atoms with Crippen molar-refractivity contribution in [2.45, 2.75) is 0 Å². The molecule has 3 N–H and O–H groups in total. The lowest BCUT2D eigenvalue weighted by Crippen LogP contribution is -2.01. The molecule has 7 heteroatoms. The van der Waals surface area contributed by atoms with Crippen LogP contribution in [0.5, 0.6) is 0 Å². The Kier molecular flexibility index (Phi) is 2.42. The second kappa shape index (κ2) is 3.75. The zero-order chi connectivity index (χ0) is 11.7. The number of nitrogens with two attached hydrogens (primary N) is 1. The van der Waals surface area contributed by atoms with E-state index < -0.39 is 5.82 Å². The van der Waals surface area contributed by atoms with E-state index in [0.29, 0.717) is 5.69 Å². The number of rotatable bonds is 1. The van der Waals surface area contributed by atoms with Crippen molar-refractivity contribution in [3.8, 4) is 11.8 Å². The average Bonchev–Trinajstić information content (AvgIpc) is 2.60. The largest absolute Gasteiger partial charge is 0.368 e. The number of halogens is 1. The van der Waals surface area contributed by atoms with E-state index in [2.05, 4.69) is 10.2 Å². The minimum Gasteiger partial charge on any atom is -0.368 e. The van der Waals surface area contributed by atoms with Gasteiger partial charge in [0.25, 0.3) is 0 Å². The van der Waals surface area contributed by atoms with E-state index in [1.165, 1.54) is 22.8 Å². The number of benzene rings is 1. The third kappa shape index (κ3) is 1.55. The first-order valence-electron chi connectivity index (χ1n) is 4.26. The topological polar surface area (TPSA) is 83.4 Å². The number of nitriles is 1. The molecule has 0 unspecified atom stereocenters. The molecule has 1 heterocycles. The summed E-state index contributed by atoms with van der Waals surface area (Å²) in [6.07, 6.45) is 0. The fourth-order valence-electron chi connectivity index (χ4n) is 1.30. The van der Waals surface area contributed by atoms with Gasteiger partial charge in [0.1, 0.15) is 11.9 Å². The standard InChI is InChI=1S/C9H6FN5S/c10-7-2-1-6(3-5(7)4-11)15-8(12)13-14-9(15)16/h1-3H,(H2,12,13)(H,14,16). The highest BCUT2D eigenvalue weighted by Gasteiger charge is 2.08. The molecule has 0 atom stereocenters. The maximum atomic E-state index is 13.1. The summed E-state index contributed by atoms with van der Waals surface area (Å²) >= 11 is 4.96. The summed E-state index contributed by atoms with van der Waals surface area (Å²) in [5.41, 5.74) is 6.01. The van der Waals surface area contributed by atoms with Gasteiger partial charge in [0.2, 0.25) is 10.7 Å². The van der Waals surface area contributed by atoms with Gasteiger partial charge in [-0.15, -0.1) is 5.10 Å². The molecule has 0 amide bonds. The van der Waals surface area contributed by atoms with Crippen molar-refractivity contribution >= 4 is 18.2 Å². The van der Waals surface area contributed by atoms with Crippen molar-refractivity contribution in [3.05, 3.63) is 34.4 Å². The second-order valence-electron chi connectivity index (χ2n) is 3.00. The van der Waals surface area contributed by atoms with Gasteiger partial charge in [-0.05, 0) is 30.4 Å². The highest BCUT2D eigenvalue weighted by Crippen LogP contribution is 2.16. The lowest BCUT2D eigenvalue weighted by atomic mass is 10.2. The number of H-pyrrole nitrogens is 1. The van der Waals surface area contributed by atoms with E-state index in [9.17, 15) is 4.39 Å². The van der Waals surface area contributed by atoms with Crippen LogP contribution in [-0.4, -0.2) is 14.8 Å². The van der Waals surface area contributed by atoms with Crippen LogP contribution in [-0.2, 0) is 0 Å². The predicted molar refractivity (Wildman–Crippen MR) is 57.8 cm³/mol. The summed E-state index contributed by atoms with van der Waals surface area (Å²) in [4.78, 5) is 0. The summed E-state index contributed by atoms with van der Waals surface area (Å²) in [7, 11) is 0. The first kappa shape index (κ1) is 10.3. The predicted octanol–water partition coefficient (Wildman–Crippen LogP) is 1.52. The summed E-state index contributed by atoms with van der Waals surface area (Å²) in [5, 5.41) is 14.9. The van der Waals surface area contributed by atoms with Crippen LogP contribution >= 0.6 is 12.2 Å². The number of nitrogen functional groups attached to an aromatic ring is 1. The molecular formula is C9H6FN5S. The van der Waals surface area contributed by atoms with Gasteiger partial charge in [-0.25, -0.2) is 9.49 Å². The first-order chi connectivity index (χ1) is 7.63. The van der Waals surface area contributed by atoms with Gasteiger partial charge >= 0.3 is 0 Å². The van der Waals surface area contributed by atoms with Gasteiger partial charge in [0.15, 0.2) is 0 Å². The van der Waals surface area contributed by atoms with Crippen LogP contribution in [0, 0.1) is 21.9 Å². The Hall–Kier alpha value is -2.20. The van der Waals surface area contributed by atoms with Crippen LogP contribution in [0.15, 0.2) is 18.2 Å². The first-order valence-corrected chi connectivity index (χ1v) is 4.67. The Balaban J connectivity index is 2.67. The van der Waals surface area contributed by atoms with Gasteiger partial charge < -0.3 is 5.73 Å². The van der Waals surface area contributed by atoms with Gasteiger partial charge in [-0.3, -0.25) is 4.57 Å². The van der Waals surface area contributed by atoms with Crippen molar-refractivity contribution < 1.29 is 4.39 Å². The average molecular weight is 235 g/mol. The second-order valence-corrected chi connectivity index (χ2v) is 3.39. The minimum absolute atomic E-state index is 0.0694. The van der Waals surface area contributed by atoms with Gasteiger partial charge in [-0.2, -0.15) is 5.26 Å². The maximum absolute atomic E-state index is 13.1. The molecule has 0 aliphatic heterocycles. The maximum Gasteiger partial charge on any atom is 0.225 e. The number of hydrogen-bond acceptors (Lipinski definition) is 4. The molecule has 1 aromatic heterocycles. The molecule has 2 rings (SSSR count). The van der Waals surface area contributed by atoms with Crippen molar-refractivity contribution in [2.75, 3.05) is 5.73 Å². The molecule has 0 aliphatic rings. The highest BCUT2D eigenvalue weighted by molar-refractivity contribution is 7.71. The third-order valence-corrected chi connectivity index (χ3v) is 2.30. The van der Waals surface area contributed by atoms with Crippen LogP contribution in [0.4, 0.5) is 10.3 Å². The molecule has 0 bridgehead atoms. The van der Waals surface area contributed by atoms with Crippen molar-refractivity contribution in [3.63, 3.8) is 0 Å². The van der Waals surface area contributed by atoms with Gasteiger partial charge in [-0.1, -0.05) is 0 Å². The Morgan fingerprint density at radius 1 is 1.56 bits per heavy atom. The molecule has 0 saturated heterocycles. The summed E-state index contributed by atoms with van der Waals surface area (Å²) in [6.45, 7) is 0. The van der Waals surface area contributed by atoms with Gasteiger partial charge in [0.05, 0.1) is 11.3 Å². The molecule has 16 heavy (non-hydrogen) atoms. The lowest BCUT2D eigenvalue weighted by Gasteiger charge is -2.04. The third-order valence-electron chi connectivity index (χ3n) is 2.03. The van der Waals surface area contributed by atoms with E-state index in [1.807, 2.05) is 0 Å². The van der Waals surface area contributed by atoms with Crippen LogP contribution < -0.4 is 5.73 Å². The Morgan fingerprint density at radius 2 is 2.31 bits per heavy atom. The molecule has 80 valence electrons. The zero-order valence-electron chi connectivity index (χ0n) is 7.94. The molecule has 2 aromatic rings. The number of nitrogens with one attached hydrogen (secondary N) is 1. The van der Waals surface area contributed by atoms with Crippen LogP contribution in [0.1, 0.15) is 5.56 Å². The molecule has 0 spiro atoms. The lowest BCUT2D eigenvalue weighted by molar-refractivity contribution is 0.623. The fourth-order valence-corrected chi connectivity index (χ4v) is 1.54. The number of anilines is 1. The number of nitrogens with zero attached hydrogens (tertiary/aromatic N) is 3. The molecule has 5 nitrogen and oxygen atoms in total. The van der Waals surface area contributed by atoms with Crippen LogP contribution in [0.3, 0.4) is 0 Å². The SMILES string of the molecule is N#Cc1cc(-n2c(N)n[nH]c2=S)ccc1F. The highest BCUT2D eigenvalue weighted by atomic mass is 32.1. The Morgan fingerprint density at radius 3 is 2.88 bits per heavy atom. The molecule has 0 radical (unpaired) electrons. The fraction of sp³-hybridized carbons (Fsp3) is 0. The van der Waals surface area contributed by atoms with E-state index in [0.717, 1.165) is 0 Å². The monoisotopic (exact) mass is 235 g/mol. The van der Waals surface area contributed by atoms with E-state index >= 15 is 0 Å². The van der Waals surface area contributed by atoms with Crippen LogP contribution in [0.2, 0.25) is 0 Å². The van der Waals surface area contributed by atoms with E-state index in [-0.39, 0.29) is 16.3 Å². The van der Waals surface area contributed by atoms with E-state index in [1.54, 1.807) is 6.07 Å². The molecule has 0 saturated carbocycles. The van der Waals surface area contributed by atoms with E-state index in [4.69, 9.17) is 23.2 Å². The number of aromatic amines is 1. The van der Waals surface area contributed by atoms with Gasteiger partial charge in [0, 0.05) is 0 Å². The summed E-state index contributed by atoms with van der Waals surface area (Å²) in [5.74, 6) is -0.430. The molecule has 1 aromatic carbocycles. The quantitative estimate of drug-likeness (QED) is 0.734. The molecule has 0 fully saturated rings. The van der Waals surface area contributed by atoms with Crippen molar-refractivity contribution in [1.29, 1.82) is 5.26 Å². The summed E-state index contributed by atoms with van der Waals surface area (Å²) < 4.78 is 14.8. The van der Waals surface area contributed by atoms with Crippen molar-refractivity contribution in [2.24, 2.45) is 0 Å². The van der Waals surface area contributed by atoms with Crippen LogP contribution in [0.25, 0.3) is 5.69 Å². The Bertz CT molecular complexity index is 636. The zero-order valence-corrected chi connectivity index (χ0v) is 8.75. The summed E-state index contributed by atoms with van der Waals surface area (Å²) in [6, 6.07) is 5.75. The normalized spacial score (nSPS) is 10.0. The number of hydrogen-bond donors (Lipinski definition) is 2. The smallest absolute Gasteiger partial charge is 0.225 e. The van der Waals surface area contributed by atoms with Crippen molar-refractivity contribution in [1.82, 2.24) is 14.8 Å². The Labute approximate surface area is 94.9 Å². The minimum atomic E-state index is -0.583. The molecule has 0 aliphatic carbocycles.